The molecule has 24 heavy (non-hydrogen) atoms. The Morgan fingerprint density at radius 1 is 1.08 bits per heavy atom. The zero-order valence-corrected chi connectivity index (χ0v) is 14.3. The maximum Gasteiger partial charge on any atom is 0.342 e. The van der Waals surface area contributed by atoms with E-state index in [1.165, 1.54) is 18.7 Å². The maximum atomic E-state index is 11.6. The first-order valence-electron chi connectivity index (χ1n) is 8.04. The summed E-state index contributed by atoms with van der Waals surface area (Å²) in [4.78, 5) is 31.2. The van der Waals surface area contributed by atoms with Crippen molar-refractivity contribution in [2.75, 3.05) is 13.7 Å². The lowest BCUT2D eigenvalue weighted by atomic mass is 10.1. The van der Waals surface area contributed by atoms with Crippen LogP contribution in [0.25, 0.3) is 6.08 Å². The summed E-state index contributed by atoms with van der Waals surface area (Å²) in [6.07, 6.45) is 9.71. The number of aryl methyl sites for hydroxylation is 1. The van der Waals surface area contributed by atoms with Crippen LogP contribution < -0.4 is 5.32 Å². The minimum atomic E-state index is -0.371. The SMILES string of the molecule is COOC(=O)CCCCCNC(=O)/C=C/C=C/c1ccc(C)cc1. The van der Waals surface area contributed by atoms with Crippen LogP contribution in [0.2, 0.25) is 0 Å². The first-order valence-corrected chi connectivity index (χ1v) is 8.04. The van der Waals surface area contributed by atoms with Gasteiger partial charge in [0.1, 0.15) is 0 Å². The number of unbranched alkanes of at least 4 members (excludes halogenated alkanes) is 2. The Labute approximate surface area is 143 Å². The number of nitrogens with one attached hydrogen (secondary N) is 1. The van der Waals surface area contributed by atoms with Crippen molar-refractivity contribution in [2.24, 2.45) is 0 Å². The number of amides is 1. The highest BCUT2D eigenvalue weighted by Gasteiger charge is 2.02. The Kier molecular flexibility index (Phi) is 9.88. The van der Waals surface area contributed by atoms with E-state index in [4.69, 9.17) is 0 Å². The lowest BCUT2D eigenvalue weighted by Gasteiger charge is -2.02. The van der Waals surface area contributed by atoms with Gasteiger partial charge < -0.3 is 5.32 Å². The van der Waals surface area contributed by atoms with Crippen molar-refractivity contribution in [1.82, 2.24) is 5.32 Å². The van der Waals surface area contributed by atoms with Gasteiger partial charge in [0, 0.05) is 19.0 Å². The van der Waals surface area contributed by atoms with Crippen molar-refractivity contribution in [3.63, 3.8) is 0 Å². The fraction of sp³-hybridized carbons (Fsp3) is 0.368. The summed E-state index contributed by atoms with van der Waals surface area (Å²) in [5, 5.41) is 2.80. The van der Waals surface area contributed by atoms with E-state index in [1.54, 1.807) is 6.08 Å². The molecule has 1 amide bonds. The summed E-state index contributed by atoms with van der Waals surface area (Å²) in [6, 6.07) is 8.15. The topological polar surface area (TPSA) is 64.6 Å². The lowest BCUT2D eigenvalue weighted by Crippen LogP contribution is -2.22. The third-order valence-electron chi connectivity index (χ3n) is 3.26. The largest absolute Gasteiger partial charge is 0.353 e. The van der Waals surface area contributed by atoms with Crippen LogP contribution in [0.15, 0.2) is 42.5 Å². The summed E-state index contributed by atoms with van der Waals surface area (Å²) in [6.45, 7) is 2.63. The molecule has 0 saturated heterocycles. The van der Waals surface area contributed by atoms with Gasteiger partial charge >= 0.3 is 5.97 Å². The summed E-state index contributed by atoms with van der Waals surface area (Å²) in [7, 11) is 1.30. The van der Waals surface area contributed by atoms with Gasteiger partial charge in [0.2, 0.25) is 5.91 Å². The van der Waals surface area contributed by atoms with Gasteiger partial charge in [-0.2, -0.15) is 4.89 Å². The van der Waals surface area contributed by atoms with E-state index in [-0.39, 0.29) is 11.9 Å². The molecule has 1 aromatic rings. The average Bonchev–Trinajstić information content (AvgIpc) is 2.56. The molecular formula is C19H25NO4. The minimum Gasteiger partial charge on any atom is -0.353 e. The van der Waals surface area contributed by atoms with Crippen LogP contribution in [0.5, 0.6) is 0 Å². The molecule has 0 bridgehead atoms. The number of hydrogen-bond acceptors (Lipinski definition) is 4. The molecule has 0 aliphatic rings. The van der Waals surface area contributed by atoms with Crippen LogP contribution in [0.4, 0.5) is 0 Å². The van der Waals surface area contributed by atoms with Crippen LogP contribution in [-0.4, -0.2) is 25.5 Å². The number of rotatable bonds is 10. The van der Waals surface area contributed by atoms with Crippen molar-refractivity contribution in [3.05, 3.63) is 53.6 Å². The summed E-state index contributed by atoms with van der Waals surface area (Å²) < 4.78 is 0. The van der Waals surface area contributed by atoms with Gasteiger partial charge in [-0.25, -0.2) is 4.79 Å². The molecule has 1 aromatic carbocycles. The van der Waals surface area contributed by atoms with Crippen molar-refractivity contribution in [1.29, 1.82) is 0 Å². The Balaban J connectivity index is 2.11. The third kappa shape index (κ3) is 9.58. The molecule has 0 spiro atoms. The molecule has 0 unspecified atom stereocenters. The van der Waals surface area contributed by atoms with Gasteiger partial charge in [-0.05, 0) is 25.3 Å². The Bertz CT molecular complexity index is 561. The number of carbonyl (C=O) groups is 2. The van der Waals surface area contributed by atoms with Crippen LogP contribution in [0.3, 0.4) is 0 Å². The molecule has 0 aliphatic carbocycles. The Hall–Kier alpha value is -2.40. The molecular weight excluding hydrogens is 306 g/mol. The molecule has 0 saturated carbocycles. The summed E-state index contributed by atoms with van der Waals surface area (Å²) in [5.74, 6) is -0.493. The number of benzene rings is 1. The number of hydrogen-bond donors (Lipinski definition) is 1. The molecule has 0 atom stereocenters. The summed E-state index contributed by atoms with van der Waals surface area (Å²) in [5.41, 5.74) is 2.32. The fourth-order valence-corrected chi connectivity index (χ4v) is 1.96. The maximum absolute atomic E-state index is 11.6. The molecule has 0 radical (unpaired) electrons. The molecule has 5 heteroatoms. The van der Waals surface area contributed by atoms with Crippen LogP contribution in [0.1, 0.15) is 36.8 Å². The number of carbonyl (C=O) groups excluding carboxylic acids is 2. The lowest BCUT2D eigenvalue weighted by molar-refractivity contribution is -0.255. The molecule has 0 aliphatic heterocycles. The van der Waals surface area contributed by atoms with Gasteiger partial charge in [-0.15, -0.1) is 0 Å². The third-order valence-corrected chi connectivity index (χ3v) is 3.26. The average molecular weight is 331 g/mol. The Morgan fingerprint density at radius 3 is 2.54 bits per heavy atom. The first-order chi connectivity index (χ1) is 11.6. The highest BCUT2D eigenvalue weighted by molar-refractivity contribution is 5.87. The van der Waals surface area contributed by atoms with E-state index in [0.717, 1.165) is 18.4 Å². The second-order valence-electron chi connectivity index (χ2n) is 5.35. The predicted molar refractivity (Wildman–Crippen MR) is 93.9 cm³/mol. The fourth-order valence-electron chi connectivity index (χ4n) is 1.96. The van der Waals surface area contributed by atoms with Crippen molar-refractivity contribution in [3.8, 4) is 0 Å². The van der Waals surface area contributed by atoms with E-state index in [2.05, 4.69) is 15.1 Å². The molecule has 0 heterocycles. The quantitative estimate of drug-likeness (QED) is 0.235. The van der Waals surface area contributed by atoms with Crippen molar-refractivity contribution in [2.45, 2.75) is 32.6 Å². The second-order valence-corrected chi connectivity index (χ2v) is 5.35. The predicted octanol–water partition coefficient (Wildman–Crippen LogP) is 3.35. The highest BCUT2D eigenvalue weighted by atomic mass is 17.2. The van der Waals surface area contributed by atoms with Crippen LogP contribution >= 0.6 is 0 Å². The number of allylic oxidation sites excluding steroid dienone is 2. The normalized spacial score (nSPS) is 11.1. The zero-order chi connectivity index (χ0) is 17.6. The van der Waals surface area contributed by atoms with Crippen LogP contribution in [-0.2, 0) is 19.4 Å². The van der Waals surface area contributed by atoms with E-state index in [1.807, 2.05) is 43.3 Å². The van der Waals surface area contributed by atoms with E-state index >= 15 is 0 Å². The molecule has 1 N–H and O–H groups in total. The smallest absolute Gasteiger partial charge is 0.342 e. The Morgan fingerprint density at radius 2 is 1.83 bits per heavy atom. The molecule has 0 aromatic heterocycles. The van der Waals surface area contributed by atoms with Crippen LogP contribution in [0, 0.1) is 6.92 Å². The summed E-state index contributed by atoms with van der Waals surface area (Å²) >= 11 is 0. The van der Waals surface area contributed by atoms with Gasteiger partial charge in [0.15, 0.2) is 0 Å². The molecule has 0 fully saturated rings. The first kappa shape index (κ1) is 19.6. The van der Waals surface area contributed by atoms with Gasteiger partial charge in [0.05, 0.1) is 7.11 Å². The van der Waals surface area contributed by atoms with Gasteiger partial charge in [-0.3, -0.25) is 9.68 Å². The monoisotopic (exact) mass is 331 g/mol. The van der Waals surface area contributed by atoms with E-state index in [0.29, 0.717) is 19.4 Å². The molecule has 5 nitrogen and oxygen atoms in total. The van der Waals surface area contributed by atoms with Crippen molar-refractivity contribution >= 4 is 18.0 Å². The highest BCUT2D eigenvalue weighted by Crippen LogP contribution is 2.05. The molecule has 1 rings (SSSR count). The second kappa shape index (κ2) is 12.1. The van der Waals surface area contributed by atoms with E-state index < -0.39 is 0 Å². The van der Waals surface area contributed by atoms with E-state index in [9.17, 15) is 9.59 Å². The minimum absolute atomic E-state index is 0.123. The standard InChI is InChI=1S/C19H25NO4/c1-16-11-13-17(14-12-16)8-5-6-9-18(21)20-15-7-3-4-10-19(22)24-23-2/h5-6,8-9,11-14H,3-4,7,10,15H2,1-2H3,(H,20,21)/b8-5+,9-6+. The van der Waals surface area contributed by atoms with Gasteiger partial charge in [-0.1, -0.05) is 54.5 Å². The van der Waals surface area contributed by atoms with Gasteiger partial charge in [0.25, 0.3) is 0 Å². The zero-order valence-electron chi connectivity index (χ0n) is 14.3. The molecule has 130 valence electrons. The van der Waals surface area contributed by atoms with Crippen molar-refractivity contribution < 1.29 is 19.4 Å².